The van der Waals surface area contributed by atoms with Crippen LogP contribution >= 0.6 is 0 Å². The van der Waals surface area contributed by atoms with E-state index in [-0.39, 0.29) is 24.1 Å². The molecular formula is C24H30N2O5. The van der Waals surface area contributed by atoms with Crippen LogP contribution < -0.4 is 10.2 Å². The Kier molecular flexibility index (Phi) is 8.44. The summed E-state index contributed by atoms with van der Waals surface area (Å²) in [6, 6.07) is 17.9. The van der Waals surface area contributed by atoms with Gasteiger partial charge in [-0.1, -0.05) is 30.3 Å². The standard InChI is InChI=1S/C20H22N2O3.C4H8O2/c23-20(21-14-18-19(25-18)15-4-2-1-3-5-15)16-6-8-17(9-7-16)22-10-12-24-13-11-22;1-3-6-4(2)5/h1-9,18-19H,10-14H2,(H,21,23);3H2,1-2H3. The van der Waals surface area contributed by atoms with Crippen LogP contribution in [0.3, 0.4) is 0 Å². The van der Waals surface area contributed by atoms with E-state index in [0.29, 0.717) is 18.7 Å². The Morgan fingerprint density at radius 3 is 2.32 bits per heavy atom. The number of carbonyl (C=O) groups excluding carboxylic acids is 2. The molecular weight excluding hydrogens is 396 g/mol. The van der Waals surface area contributed by atoms with Gasteiger partial charge >= 0.3 is 5.97 Å². The third-order valence-electron chi connectivity index (χ3n) is 5.03. The monoisotopic (exact) mass is 426 g/mol. The summed E-state index contributed by atoms with van der Waals surface area (Å²) >= 11 is 0. The number of amides is 1. The fourth-order valence-electron chi connectivity index (χ4n) is 3.38. The molecule has 1 N–H and O–H groups in total. The number of nitrogens with zero attached hydrogens (tertiary/aromatic N) is 1. The van der Waals surface area contributed by atoms with Gasteiger partial charge in [-0.05, 0) is 36.8 Å². The maximum atomic E-state index is 12.3. The molecule has 1 amide bonds. The highest BCUT2D eigenvalue weighted by Crippen LogP contribution is 2.37. The third kappa shape index (κ3) is 7.08. The minimum atomic E-state index is -0.211. The number of benzene rings is 2. The summed E-state index contributed by atoms with van der Waals surface area (Å²) in [6.07, 6.45) is 0.171. The summed E-state index contributed by atoms with van der Waals surface area (Å²) < 4.78 is 15.4. The lowest BCUT2D eigenvalue weighted by Crippen LogP contribution is -2.36. The van der Waals surface area contributed by atoms with Gasteiger partial charge in [0.15, 0.2) is 0 Å². The molecule has 7 heteroatoms. The molecule has 0 aliphatic carbocycles. The van der Waals surface area contributed by atoms with Crippen LogP contribution in [0.5, 0.6) is 0 Å². The van der Waals surface area contributed by atoms with Gasteiger partial charge in [0, 0.05) is 37.8 Å². The van der Waals surface area contributed by atoms with Gasteiger partial charge in [-0.3, -0.25) is 9.59 Å². The van der Waals surface area contributed by atoms with E-state index in [2.05, 4.69) is 27.1 Å². The maximum Gasteiger partial charge on any atom is 0.302 e. The molecule has 4 rings (SSSR count). The number of hydrogen-bond donors (Lipinski definition) is 1. The van der Waals surface area contributed by atoms with E-state index in [0.717, 1.165) is 37.6 Å². The Morgan fingerprint density at radius 2 is 1.74 bits per heavy atom. The van der Waals surface area contributed by atoms with Crippen molar-refractivity contribution in [3.8, 4) is 0 Å². The molecule has 2 atom stereocenters. The van der Waals surface area contributed by atoms with E-state index in [1.165, 1.54) is 6.92 Å². The first-order valence-corrected chi connectivity index (χ1v) is 10.6. The summed E-state index contributed by atoms with van der Waals surface area (Å²) in [5, 5.41) is 2.96. The molecule has 2 unspecified atom stereocenters. The van der Waals surface area contributed by atoms with Crippen molar-refractivity contribution in [1.82, 2.24) is 5.32 Å². The quantitative estimate of drug-likeness (QED) is 0.565. The van der Waals surface area contributed by atoms with E-state index in [4.69, 9.17) is 9.47 Å². The predicted molar refractivity (Wildman–Crippen MR) is 118 cm³/mol. The molecule has 0 saturated carbocycles. The summed E-state index contributed by atoms with van der Waals surface area (Å²) in [7, 11) is 0. The van der Waals surface area contributed by atoms with Crippen molar-refractivity contribution in [3.63, 3.8) is 0 Å². The van der Waals surface area contributed by atoms with Crippen molar-refractivity contribution in [1.29, 1.82) is 0 Å². The first-order chi connectivity index (χ1) is 15.1. The molecule has 31 heavy (non-hydrogen) atoms. The largest absolute Gasteiger partial charge is 0.466 e. The molecule has 2 aliphatic heterocycles. The van der Waals surface area contributed by atoms with Crippen LogP contribution in [-0.2, 0) is 19.0 Å². The lowest BCUT2D eigenvalue weighted by molar-refractivity contribution is -0.140. The van der Waals surface area contributed by atoms with Crippen molar-refractivity contribution in [2.45, 2.75) is 26.1 Å². The lowest BCUT2D eigenvalue weighted by Gasteiger charge is -2.28. The molecule has 2 aromatic carbocycles. The van der Waals surface area contributed by atoms with E-state index < -0.39 is 0 Å². The molecule has 0 aromatic heterocycles. The topological polar surface area (TPSA) is 80.4 Å². The Balaban J connectivity index is 0.000000401. The number of nitrogens with one attached hydrogen (secondary N) is 1. The van der Waals surface area contributed by atoms with Crippen LogP contribution in [0.15, 0.2) is 54.6 Å². The summed E-state index contributed by atoms with van der Waals surface area (Å²) in [5.41, 5.74) is 2.97. The second-order valence-electron chi connectivity index (χ2n) is 7.29. The van der Waals surface area contributed by atoms with Gasteiger partial charge in [0.1, 0.15) is 12.2 Å². The fraction of sp³-hybridized carbons (Fsp3) is 0.417. The van der Waals surface area contributed by atoms with Crippen LogP contribution in [-0.4, -0.2) is 57.4 Å². The zero-order valence-corrected chi connectivity index (χ0v) is 18.1. The highest BCUT2D eigenvalue weighted by Gasteiger charge is 2.39. The van der Waals surface area contributed by atoms with E-state index >= 15 is 0 Å². The number of rotatable bonds is 6. The predicted octanol–water partition coefficient (Wildman–Crippen LogP) is 2.96. The first-order valence-electron chi connectivity index (χ1n) is 10.6. The van der Waals surface area contributed by atoms with E-state index in [9.17, 15) is 9.59 Å². The average Bonchev–Trinajstić information content (AvgIpc) is 3.59. The third-order valence-corrected chi connectivity index (χ3v) is 5.03. The Bertz CT molecular complexity index is 835. The number of carbonyl (C=O) groups is 2. The van der Waals surface area contributed by atoms with Gasteiger partial charge in [0.25, 0.3) is 5.91 Å². The second kappa shape index (κ2) is 11.5. The fourth-order valence-corrected chi connectivity index (χ4v) is 3.38. The van der Waals surface area contributed by atoms with Crippen LogP contribution in [0.25, 0.3) is 0 Å². The number of ether oxygens (including phenoxy) is 3. The molecule has 0 spiro atoms. The maximum absolute atomic E-state index is 12.3. The van der Waals surface area contributed by atoms with Gasteiger partial charge in [0.2, 0.25) is 0 Å². The molecule has 2 saturated heterocycles. The highest BCUT2D eigenvalue weighted by molar-refractivity contribution is 5.94. The number of epoxide rings is 1. The molecule has 2 fully saturated rings. The minimum absolute atomic E-state index is 0.0594. The van der Waals surface area contributed by atoms with Crippen LogP contribution in [0.4, 0.5) is 5.69 Å². The summed E-state index contributed by atoms with van der Waals surface area (Å²) in [4.78, 5) is 24.4. The SMILES string of the molecule is CCOC(C)=O.O=C(NCC1OC1c1ccccc1)c1ccc(N2CCOCC2)cc1. The van der Waals surface area contributed by atoms with Gasteiger partial charge < -0.3 is 24.4 Å². The Labute approximate surface area is 183 Å². The Morgan fingerprint density at radius 1 is 1.06 bits per heavy atom. The Hall–Kier alpha value is -2.90. The normalized spacial score (nSPS) is 19.6. The molecule has 0 radical (unpaired) electrons. The van der Waals surface area contributed by atoms with Gasteiger partial charge in [-0.2, -0.15) is 0 Å². The van der Waals surface area contributed by atoms with Crippen molar-refractivity contribution in [2.75, 3.05) is 44.4 Å². The number of hydrogen-bond acceptors (Lipinski definition) is 6. The second-order valence-corrected chi connectivity index (χ2v) is 7.29. The van der Waals surface area contributed by atoms with E-state index in [1.54, 1.807) is 6.92 Å². The van der Waals surface area contributed by atoms with Crippen molar-refractivity contribution < 1.29 is 23.8 Å². The van der Waals surface area contributed by atoms with Gasteiger partial charge in [-0.25, -0.2) is 0 Å². The molecule has 2 aliphatic rings. The smallest absolute Gasteiger partial charge is 0.302 e. The molecule has 7 nitrogen and oxygen atoms in total. The molecule has 2 aromatic rings. The molecule has 166 valence electrons. The number of morpholine rings is 1. The van der Waals surface area contributed by atoms with E-state index in [1.807, 2.05) is 42.5 Å². The van der Waals surface area contributed by atoms with Gasteiger partial charge in [0.05, 0.1) is 19.8 Å². The van der Waals surface area contributed by atoms with Crippen molar-refractivity contribution >= 4 is 17.6 Å². The zero-order valence-electron chi connectivity index (χ0n) is 18.1. The molecule has 0 bridgehead atoms. The number of anilines is 1. The van der Waals surface area contributed by atoms with Crippen LogP contribution in [0, 0.1) is 0 Å². The summed E-state index contributed by atoms with van der Waals surface area (Å²) in [6.45, 7) is 7.49. The minimum Gasteiger partial charge on any atom is -0.466 e. The van der Waals surface area contributed by atoms with Crippen molar-refractivity contribution in [2.24, 2.45) is 0 Å². The lowest BCUT2D eigenvalue weighted by atomic mass is 10.1. The first kappa shape index (κ1) is 22.8. The zero-order chi connectivity index (χ0) is 22.1. The molecule has 2 heterocycles. The highest BCUT2D eigenvalue weighted by atomic mass is 16.6. The van der Waals surface area contributed by atoms with Crippen molar-refractivity contribution in [3.05, 3.63) is 65.7 Å². The average molecular weight is 427 g/mol. The van der Waals surface area contributed by atoms with Crippen LogP contribution in [0.1, 0.15) is 35.9 Å². The van der Waals surface area contributed by atoms with Gasteiger partial charge in [-0.15, -0.1) is 0 Å². The van der Waals surface area contributed by atoms with Crippen LogP contribution in [0.2, 0.25) is 0 Å². The number of esters is 1. The summed E-state index contributed by atoms with van der Waals surface area (Å²) in [5.74, 6) is -0.270.